The maximum absolute atomic E-state index is 12.3. The number of nitrogen functional groups attached to an aromatic ring is 1. The number of hydrogen-bond acceptors (Lipinski definition) is 7. The molecule has 0 saturated carbocycles. The molecular weight excluding hydrogens is 402 g/mol. The van der Waals surface area contributed by atoms with Crippen molar-refractivity contribution in [3.05, 3.63) is 53.6 Å². The Labute approximate surface area is 179 Å². The van der Waals surface area contributed by atoms with Gasteiger partial charge in [0.1, 0.15) is 23.9 Å². The summed E-state index contributed by atoms with van der Waals surface area (Å²) in [7, 11) is 0. The Balaban J connectivity index is 1.66. The van der Waals surface area contributed by atoms with E-state index in [1.807, 2.05) is 0 Å². The first kappa shape index (κ1) is 21.8. The monoisotopic (exact) mass is 425 g/mol. The highest BCUT2D eigenvalue weighted by Crippen LogP contribution is 2.29. The van der Waals surface area contributed by atoms with E-state index >= 15 is 0 Å². The summed E-state index contributed by atoms with van der Waals surface area (Å²) in [6.07, 6.45) is -0.656. The van der Waals surface area contributed by atoms with Gasteiger partial charge in [-0.1, -0.05) is 6.92 Å². The second kappa shape index (κ2) is 9.29. The first-order valence-corrected chi connectivity index (χ1v) is 9.69. The summed E-state index contributed by atoms with van der Waals surface area (Å²) in [5, 5.41) is 7.60. The molecule has 1 unspecified atom stereocenters. The highest BCUT2D eigenvalue weighted by molar-refractivity contribution is 6.00. The van der Waals surface area contributed by atoms with Crippen molar-refractivity contribution in [2.75, 3.05) is 18.1 Å². The number of nitrogens with one attached hydrogen (secondary N) is 1. The summed E-state index contributed by atoms with van der Waals surface area (Å²) < 4.78 is 16.2. The van der Waals surface area contributed by atoms with Crippen LogP contribution in [0.25, 0.3) is 0 Å². The van der Waals surface area contributed by atoms with Gasteiger partial charge in [-0.2, -0.15) is 0 Å². The van der Waals surface area contributed by atoms with Crippen molar-refractivity contribution in [2.24, 2.45) is 5.73 Å². The van der Waals surface area contributed by atoms with Crippen LogP contribution in [0.2, 0.25) is 0 Å². The summed E-state index contributed by atoms with van der Waals surface area (Å²) in [6.45, 7) is 3.39. The Morgan fingerprint density at radius 2 is 1.94 bits per heavy atom. The predicted octanol–water partition coefficient (Wildman–Crippen LogP) is 2.89. The third kappa shape index (κ3) is 5.19. The minimum atomic E-state index is -0.568. The van der Waals surface area contributed by atoms with E-state index in [0.29, 0.717) is 23.4 Å². The van der Waals surface area contributed by atoms with E-state index in [1.165, 1.54) is 24.0 Å². The predicted molar refractivity (Wildman–Crippen MR) is 113 cm³/mol. The first-order chi connectivity index (χ1) is 14.8. The highest BCUT2D eigenvalue weighted by atomic mass is 16.6. The van der Waals surface area contributed by atoms with Crippen LogP contribution < -0.4 is 20.1 Å². The number of esters is 1. The molecule has 9 nitrogen and oxygen atoms in total. The Morgan fingerprint density at radius 3 is 2.55 bits per heavy atom. The summed E-state index contributed by atoms with van der Waals surface area (Å²) in [5.74, 6) is -0.126. The molecule has 1 aliphatic heterocycles. The van der Waals surface area contributed by atoms with Crippen LogP contribution in [-0.4, -0.2) is 42.9 Å². The van der Waals surface area contributed by atoms with Crippen LogP contribution in [0.3, 0.4) is 0 Å². The molecule has 1 atom stereocenters. The smallest absolute Gasteiger partial charge is 0.414 e. The molecule has 3 rings (SSSR count). The van der Waals surface area contributed by atoms with Crippen LogP contribution in [0, 0.1) is 5.41 Å². The molecule has 1 amide bonds. The second-order valence-electron chi connectivity index (χ2n) is 6.92. The average Bonchev–Trinajstić information content (AvgIpc) is 3.12. The average molecular weight is 425 g/mol. The van der Waals surface area contributed by atoms with E-state index in [9.17, 15) is 14.4 Å². The number of carbonyl (C=O) groups excluding carboxylic acids is 3. The number of hydrogen-bond donors (Lipinski definition) is 2. The number of cyclic esters (lactones) is 1. The van der Waals surface area contributed by atoms with Crippen molar-refractivity contribution in [1.29, 1.82) is 5.41 Å². The fourth-order valence-corrected chi connectivity index (χ4v) is 3.09. The molecule has 0 spiro atoms. The molecule has 9 heteroatoms. The number of ketones is 1. The van der Waals surface area contributed by atoms with E-state index in [4.69, 9.17) is 25.4 Å². The molecule has 0 bridgehead atoms. The van der Waals surface area contributed by atoms with Gasteiger partial charge in [0.15, 0.2) is 11.9 Å². The third-order valence-electron chi connectivity index (χ3n) is 4.63. The van der Waals surface area contributed by atoms with Crippen LogP contribution in [0.15, 0.2) is 42.5 Å². The molecule has 1 fully saturated rings. The number of Topliss-reactive ketones (excluding diaryl/α,β-unsaturated/α-hetero) is 1. The Morgan fingerprint density at radius 1 is 1.23 bits per heavy atom. The van der Waals surface area contributed by atoms with Gasteiger partial charge in [-0.05, 0) is 36.4 Å². The number of nitrogens with zero attached hydrogens (tertiary/aromatic N) is 1. The lowest BCUT2D eigenvalue weighted by molar-refractivity contribution is -0.131. The van der Waals surface area contributed by atoms with Crippen LogP contribution in [0.4, 0.5) is 10.5 Å². The Kier molecular flexibility index (Phi) is 6.54. The lowest BCUT2D eigenvalue weighted by Gasteiger charge is -2.16. The maximum atomic E-state index is 12.3. The lowest BCUT2D eigenvalue weighted by atomic mass is 10.1. The van der Waals surface area contributed by atoms with E-state index in [1.54, 1.807) is 37.3 Å². The first-order valence-electron chi connectivity index (χ1n) is 9.69. The summed E-state index contributed by atoms with van der Waals surface area (Å²) in [5.41, 5.74) is 6.83. The van der Waals surface area contributed by atoms with Gasteiger partial charge in [-0.3, -0.25) is 19.9 Å². The van der Waals surface area contributed by atoms with Gasteiger partial charge < -0.3 is 19.9 Å². The zero-order chi connectivity index (χ0) is 22.5. The van der Waals surface area contributed by atoms with Gasteiger partial charge in [0.25, 0.3) is 0 Å². The fourth-order valence-electron chi connectivity index (χ4n) is 3.09. The van der Waals surface area contributed by atoms with Crippen molar-refractivity contribution in [3.63, 3.8) is 0 Å². The van der Waals surface area contributed by atoms with Crippen LogP contribution in [0.1, 0.15) is 36.2 Å². The molecular formula is C22H23N3O6. The fraction of sp³-hybridized carbons (Fsp3) is 0.273. The molecule has 0 aliphatic carbocycles. The third-order valence-corrected chi connectivity index (χ3v) is 4.63. The zero-order valence-corrected chi connectivity index (χ0v) is 17.2. The number of anilines is 1. The largest absolute Gasteiger partial charge is 0.490 e. The standard InChI is InChI=1S/C22H23N3O6/c1-3-19(27)14-4-7-16(8-5-14)29-12-17-11-25(22(28)31-17)15-6-9-18(21(23)24)20(10-15)30-13(2)26/h4-10,17H,3,11-12H2,1-2H3,(H3,23,24). The van der Waals surface area contributed by atoms with E-state index in [2.05, 4.69) is 0 Å². The van der Waals surface area contributed by atoms with Crippen LogP contribution in [0.5, 0.6) is 11.5 Å². The molecule has 3 N–H and O–H groups in total. The number of rotatable bonds is 8. The minimum absolute atomic E-state index is 0.0517. The molecule has 2 aromatic rings. The normalized spacial score (nSPS) is 15.4. The molecule has 162 valence electrons. The Hall–Kier alpha value is -3.88. The number of amides is 1. The topological polar surface area (TPSA) is 132 Å². The zero-order valence-electron chi connectivity index (χ0n) is 17.2. The molecule has 1 aliphatic rings. The van der Waals surface area contributed by atoms with E-state index < -0.39 is 18.2 Å². The molecule has 1 heterocycles. The van der Waals surface area contributed by atoms with Crippen LogP contribution >= 0.6 is 0 Å². The van der Waals surface area contributed by atoms with Gasteiger partial charge in [0.2, 0.25) is 0 Å². The van der Waals surface area contributed by atoms with Gasteiger partial charge in [0.05, 0.1) is 17.8 Å². The highest BCUT2D eigenvalue weighted by Gasteiger charge is 2.33. The van der Waals surface area contributed by atoms with Crippen molar-refractivity contribution in [3.8, 4) is 11.5 Å². The van der Waals surface area contributed by atoms with E-state index in [0.717, 1.165) is 0 Å². The number of amidine groups is 1. The molecule has 1 saturated heterocycles. The molecule has 0 radical (unpaired) electrons. The number of carbonyl (C=O) groups is 3. The van der Waals surface area contributed by atoms with Gasteiger partial charge in [0, 0.05) is 25.0 Å². The van der Waals surface area contributed by atoms with Crippen molar-refractivity contribution < 1.29 is 28.6 Å². The SMILES string of the molecule is CCC(=O)c1ccc(OCC2CN(c3ccc(C(=N)N)c(OC(C)=O)c3)C(=O)O2)cc1. The molecule has 31 heavy (non-hydrogen) atoms. The molecule has 0 aromatic heterocycles. The van der Waals surface area contributed by atoms with Crippen molar-refractivity contribution in [1.82, 2.24) is 0 Å². The lowest BCUT2D eigenvalue weighted by Crippen LogP contribution is -2.27. The van der Waals surface area contributed by atoms with Crippen LogP contribution in [-0.2, 0) is 9.53 Å². The minimum Gasteiger partial charge on any atom is -0.490 e. The quantitative estimate of drug-likeness (QED) is 0.218. The molecule has 2 aromatic carbocycles. The van der Waals surface area contributed by atoms with Crippen molar-refractivity contribution >= 4 is 29.4 Å². The second-order valence-corrected chi connectivity index (χ2v) is 6.92. The summed E-state index contributed by atoms with van der Waals surface area (Å²) in [6, 6.07) is 11.4. The summed E-state index contributed by atoms with van der Waals surface area (Å²) >= 11 is 0. The maximum Gasteiger partial charge on any atom is 0.414 e. The Bertz CT molecular complexity index is 1020. The number of benzene rings is 2. The van der Waals surface area contributed by atoms with Gasteiger partial charge in [-0.15, -0.1) is 0 Å². The number of ether oxygens (including phenoxy) is 3. The number of nitrogens with two attached hydrogens (primary N) is 1. The van der Waals surface area contributed by atoms with Gasteiger partial charge >= 0.3 is 12.1 Å². The summed E-state index contributed by atoms with van der Waals surface area (Å²) in [4.78, 5) is 36.8. The van der Waals surface area contributed by atoms with Gasteiger partial charge in [-0.25, -0.2) is 4.79 Å². The van der Waals surface area contributed by atoms with E-state index in [-0.39, 0.29) is 36.1 Å². The van der Waals surface area contributed by atoms with Crippen molar-refractivity contribution in [2.45, 2.75) is 26.4 Å².